The van der Waals surface area contributed by atoms with E-state index in [9.17, 15) is 4.79 Å². The monoisotopic (exact) mass is 339 g/mol. The average molecular weight is 340 g/mol. The molecule has 0 spiro atoms. The lowest BCUT2D eigenvalue weighted by molar-refractivity contribution is -0.118. The molecule has 2 aromatic rings. The minimum Gasteiger partial charge on any atom is -0.376 e. The summed E-state index contributed by atoms with van der Waals surface area (Å²) in [4.78, 5) is 12.2. The SMILES string of the molecule is Cc1ccccc1NCC(=O)NC1=C(Cl)Nc2ccccc2C=C1. The third-order valence-electron chi connectivity index (χ3n) is 3.73. The van der Waals surface area contributed by atoms with Gasteiger partial charge in [0.2, 0.25) is 5.91 Å². The van der Waals surface area contributed by atoms with E-state index in [-0.39, 0.29) is 12.5 Å². The molecule has 122 valence electrons. The molecule has 1 aliphatic rings. The Bertz CT molecular complexity index is 827. The van der Waals surface area contributed by atoms with Gasteiger partial charge in [-0.15, -0.1) is 0 Å². The number of benzene rings is 2. The predicted octanol–water partition coefficient (Wildman–Crippen LogP) is 4.07. The van der Waals surface area contributed by atoms with Crippen LogP contribution in [0.2, 0.25) is 0 Å². The lowest BCUT2D eigenvalue weighted by atomic mass is 10.1. The van der Waals surface area contributed by atoms with Crippen molar-refractivity contribution in [2.24, 2.45) is 0 Å². The van der Waals surface area contributed by atoms with Crippen LogP contribution in [0, 0.1) is 6.92 Å². The molecule has 1 heterocycles. The molecule has 4 nitrogen and oxygen atoms in total. The zero-order chi connectivity index (χ0) is 16.9. The first-order valence-electron chi connectivity index (χ1n) is 7.67. The molecule has 0 saturated carbocycles. The molecular formula is C19H18ClN3O. The molecule has 0 unspecified atom stereocenters. The van der Waals surface area contributed by atoms with Crippen LogP contribution in [-0.4, -0.2) is 12.5 Å². The Morgan fingerprint density at radius 1 is 1.08 bits per heavy atom. The first-order valence-corrected chi connectivity index (χ1v) is 8.04. The number of para-hydroxylation sites is 2. The third-order valence-corrected chi connectivity index (χ3v) is 4.03. The molecular weight excluding hydrogens is 322 g/mol. The smallest absolute Gasteiger partial charge is 0.243 e. The van der Waals surface area contributed by atoms with E-state index in [1.807, 2.05) is 61.5 Å². The fourth-order valence-corrected chi connectivity index (χ4v) is 2.64. The topological polar surface area (TPSA) is 53.2 Å². The van der Waals surface area contributed by atoms with Crippen molar-refractivity contribution < 1.29 is 4.79 Å². The Morgan fingerprint density at radius 3 is 2.67 bits per heavy atom. The number of aryl methyl sites for hydroxylation is 1. The van der Waals surface area contributed by atoms with Gasteiger partial charge in [-0.3, -0.25) is 4.79 Å². The summed E-state index contributed by atoms with van der Waals surface area (Å²) < 4.78 is 0. The van der Waals surface area contributed by atoms with E-state index in [2.05, 4.69) is 16.0 Å². The molecule has 1 aliphatic heterocycles. The fraction of sp³-hybridized carbons (Fsp3) is 0.105. The van der Waals surface area contributed by atoms with Gasteiger partial charge in [-0.2, -0.15) is 0 Å². The Labute approximate surface area is 146 Å². The Kier molecular flexibility index (Phi) is 4.87. The number of nitrogens with one attached hydrogen (secondary N) is 3. The first-order chi connectivity index (χ1) is 11.6. The minimum absolute atomic E-state index is 0.163. The molecule has 0 aliphatic carbocycles. The van der Waals surface area contributed by atoms with Crippen LogP contribution in [0.3, 0.4) is 0 Å². The van der Waals surface area contributed by atoms with Crippen LogP contribution >= 0.6 is 11.6 Å². The number of rotatable bonds is 4. The zero-order valence-electron chi connectivity index (χ0n) is 13.3. The van der Waals surface area contributed by atoms with E-state index in [4.69, 9.17) is 11.6 Å². The summed E-state index contributed by atoms with van der Waals surface area (Å²) in [6.45, 7) is 2.16. The number of allylic oxidation sites excluding steroid dienone is 1. The summed E-state index contributed by atoms with van der Waals surface area (Å²) in [6, 6.07) is 15.6. The van der Waals surface area contributed by atoms with E-state index in [0.29, 0.717) is 10.9 Å². The molecule has 3 N–H and O–H groups in total. The molecule has 0 fully saturated rings. The van der Waals surface area contributed by atoms with Gasteiger partial charge in [0.1, 0.15) is 5.16 Å². The van der Waals surface area contributed by atoms with Crippen LogP contribution in [-0.2, 0) is 4.79 Å². The van der Waals surface area contributed by atoms with Gasteiger partial charge in [-0.25, -0.2) is 0 Å². The largest absolute Gasteiger partial charge is 0.376 e. The number of hydrogen-bond donors (Lipinski definition) is 3. The van der Waals surface area contributed by atoms with Crippen LogP contribution in [0.15, 0.2) is 65.5 Å². The normalized spacial score (nSPS) is 12.9. The van der Waals surface area contributed by atoms with Gasteiger partial charge < -0.3 is 16.0 Å². The molecule has 0 saturated heterocycles. The summed E-state index contributed by atoms with van der Waals surface area (Å²) in [5, 5.41) is 9.46. The van der Waals surface area contributed by atoms with Gasteiger partial charge in [-0.05, 0) is 36.3 Å². The number of anilines is 2. The van der Waals surface area contributed by atoms with E-state index >= 15 is 0 Å². The highest BCUT2D eigenvalue weighted by Crippen LogP contribution is 2.25. The highest BCUT2D eigenvalue weighted by atomic mass is 35.5. The van der Waals surface area contributed by atoms with Crippen molar-refractivity contribution in [1.29, 1.82) is 0 Å². The summed E-state index contributed by atoms with van der Waals surface area (Å²) in [6.07, 6.45) is 3.72. The van der Waals surface area contributed by atoms with E-state index in [1.165, 1.54) is 0 Å². The second-order valence-corrected chi connectivity index (χ2v) is 5.87. The van der Waals surface area contributed by atoms with Crippen LogP contribution in [0.1, 0.15) is 11.1 Å². The number of amides is 1. The van der Waals surface area contributed by atoms with E-state index in [0.717, 1.165) is 22.5 Å². The van der Waals surface area contributed by atoms with Gasteiger partial charge in [0, 0.05) is 11.4 Å². The minimum atomic E-state index is -0.163. The number of carbonyl (C=O) groups excluding carboxylic acids is 1. The maximum Gasteiger partial charge on any atom is 0.243 e. The van der Waals surface area contributed by atoms with Crippen LogP contribution in [0.5, 0.6) is 0 Å². The molecule has 1 amide bonds. The lowest BCUT2D eigenvalue weighted by Crippen LogP contribution is -2.29. The highest BCUT2D eigenvalue weighted by Gasteiger charge is 2.12. The standard InChI is InChI=1S/C19H18ClN3O/c1-13-6-2-4-8-15(13)21-12-18(24)22-17-11-10-14-7-3-5-9-16(14)23-19(17)20/h2-11,21,23H,12H2,1H3,(H,22,24). The van der Waals surface area contributed by atoms with Crippen molar-refractivity contribution in [3.8, 4) is 0 Å². The number of carbonyl (C=O) groups is 1. The quantitative estimate of drug-likeness (QED) is 0.736. The van der Waals surface area contributed by atoms with Crippen LogP contribution in [0.25, 0.3) is 6.08 Å². The van der Waals surface area contributed by atoms with Crippen molar-refractivity contribution >= 4 is 35.0 Å². The number of fused-ring (bicyclic) bond motifs is 1. The molecule has 0 radical (unpaired) electrons. The summed E-state index contributed by atoms with van der Waals surface area (Å²) >= 11 is 6.28. The first kappa shape index (κ1) is 16.1. The maximum atomic E-state index is 12.2. The summed E-state index contributed by atoms with van der Waals surface area (Å²) in [5.41, 5.74) is 4.49. The van der Waals surface area contributed by atoms with Gasteiger partial charge in [-0.1, -0.05) is 54.1 Å². The molecule has 0 bridgehead atoms. The van der Waals surface area contributed by atoms with Crippen molar-refractivity contribution in [3.05, 3.63) is 76.6 Å². The maximum absolute atomic E-state index is 12.2. The van der Waals surface area contributed by atoms with Gasteiger partial charge in [0.25, 0.3) is 0 Å². The molecule has 0 aromatic heterocycles. The van der Waals surface area contributed by atoms with Crippen molar-refractivity contribution in [2.45, 2.75) is 6.92 Å². The summed E-state index contributed by atoms with van der Waals surface area (Å²) in [5.74, 6) is -0.163. The van der Waals surface area contributed by atoms with Gasteiger partial charge >= 0.3 is 0 Å². The van der Waals surface area contributed by atoms with Crippen LogP contribution < -0.4 is 16.0 Å². The summed E-state index contributed by atoms with van der Waals surface area (Å²) in [7, 11) is 0. The zero-order valence-corrected chi connectivity index (χ0v) is 14.0. The molecule has 3 rings (SSSR count). The van der Waals surface area contributed by atoms with Gasteiger partial charge in [0.05, 0.1) is 12.2 Å². The number of hydrogen-bond acceptors (Lipinski definition) is 3. The van der Waals surface area contributed by atoms with Crippen LogP contribution in [0.4, 0.5) is 11.4 Å². The Hall–Kier alpha value is -2.72. The second-order valence-electron chi connectivity index (χ2n) is 5.49. The van der Waals surface area contributed by atoms with E-state index < -0.39 is 0 Å². The average Bonchev–Trinajstić information content (AvgIpc) is 2.73. The third kappa shape index (κ3) is 3.78. The predicted molar refractivity (Wildman–Crippen MR) is 99.8 cm³/mol. The van der Waals surface area contributed by atoms with Crippen molar-refractivity contribution in [2.75, 3.05) is 17.2 Å². The second kappa shape index (κ2) is 7.23. The molecule has 5 heteroatoms. The van der Waals surface area contributed by atoms with E-state index in [1.54, 1.807) is 6.08 Å². The Morgan fingerprint density at radius 2 is 1.83 bits per heavy atom. The molecule has 24 heavy (non-hydrogen) atoms. The molecule has 0 atom stereocenters. The number of halogens is 1. The highest BCUT2D eigenvalue weighted by molar-refractivity contribution is 6.31. The fourth-order valence-electron chi connectivity index (χ4n) is 2.43. The lowest BCUT2D eigenvalue weighted by Gasteiger charge is -2.12. The van der Waals surface area contributed by atoms with Crippen molar-refractivity contribution in [1.82, 2.24) is 5.32 Å². The Balaban J connectivity index is 1.65. The molecule has 2 aromatic carbocycles. The van der Waals surface area contributed by atoms with Gasteiger partial charge in [0.15, 0.2) is 0 Å². The van der Waals surface area contributed by atoms with Crippen molar-refractivity contribution in [3.63, 3.8) is 0 Å².